The third-order valence-corrected chi connectivity index (χ3v) is 0. The number of halogens is 7. The van der Waals surface area contributed by atoms with Crippen LogP contribution in [0, 0.1) is 0 Å². The van der Waals surface area contributed by atoms with Crippen molar-refractivity contribution in [1.29, 1.82) is 0 Å². The molecule has 0 spiro atoms. The van der Waals surface area contributed by atoms with Crippen LogP contribution in [0.25, 0.3) is 0 Å². The van der Waals surface area contributed by atoms with Gasteiger partial charge < -0.3 is 0 Å². The molecule has 0 fully saturated rings. The molecule has 0 saturated heterocycles. The minimum absolute atomic E-state index is 0. The Morgan fingerprint density at radius 2 is 0.750 bits per heavy atom. The first-order valence-corrected chi connectivity index (χ1v) is 33.5. The Kier molecular flexibility index (Phi) is 1.86. The van der Waals surface area contributed by atoms with Crippen LogP contribution in [0.3, 0.4) is 0 Å². The van der Waals surface area contributed by atoms with E-state index in [1.807, 2.05) is 0 Å². The fourth-order valence-corrected chi connectivity index (χ4v) is 0. The fraction of sp³-hybridized carbons (Fsp3) is 0. The van der Waals surface area contributed by atoms with E-state index in [9.17, 15) is 10.1 Å². The van der Waals surface area contributed by atoms with E-state index in [-0.39, 0.29) is 51.4 Å². The van der Waals surface area contributed by atoms with Gasteiger partial charge in [-0.3, -0.25) is 0 Å². The van der Waals surface area contributed by atoms with Gasteiger partial charge in [0.25, 0.3) is 0 Å². The Bertz CT molecular complexity index is 512. The molecule has 0 heterocycles. The monoisotopic (exact) mass is 513 g/mol. The molecular weight excluding hydrogens is 516 g/mol. The fourth-order valence-electron chi connectivity index (χ4n) is 0. The van der Waals surface area contributed by atoms with E-state index in [1.165, 1.54) is 0 Å². The van der Waals surface area contributed by atoms with E-state index in [4.69, 9.17) is 0 Å². The van der Waals surface area contributed by atoms with Crippen LogP contribution in [0.2, 0.25) is 0 Å². The summed E-state index contributed by atoms with van der Waals surface area (Å²) < 4.78 is 21.0. The van der Waals surface area contributed by atoms with E-state index in [0.717, 1.165) is 0 Å². The molecule has 0 unspecified atom stereocenters. The van der Waals surface area contributed by atoms with Crippen LogP contribution in [0.4, 0.5) is 0 Å². The van der Waals surface area contributed by atoms with Crippen LogP contribution >= 0.6 is 64.3 Å². The van der Waals surface area contributed by atoms with Crippen molar-refractivity contribution in [2.75, 3.05) is 0 Å². The molecule has 3 nitrogen and oxygen atoms in total. The summed E-state index contributed by atoms with van der Waals surface area (Å²) in [7, 11) is 29.0. The molecule has 0 bridgehead atoms. The van der Waals surface area contributed by atoms with Gasteiger partial charge in [-0.1, -0.05) is 0 Å². The SMILES string of the molecule is [K+].[O]=[Ta](=[O])([O-])([Cl])([Cl])([Cl])([Cl])([Cl])([Cl])[Cl]. The maximum absolute atomic E-state index is 11.9. The second kappa shape index (κ2) is 1.22. The molecule has 0 N–H and O–H groups in total. The zero-order chi connectivity index (χ0) is 10.3. The van der Waals surface area contributed by atoms with Gasteiger partial charge in [0.1, 0.15) is 0 Å². The first-order valence-electron chi connectivity index (χ1n) is 1.73. The Balaban J connectivity index is 0. The van der Waals surface area contributed by atoms with Gasteiger partial charge in [0, 0.05) is 0 Å². The predicted octanol–water partition coefficient (Wildman–Crippen LogP) is 0.401. The molecule has 0 atom stereocenters. The van der Waals surface area contributed by atoms with Crippen LogP contribution in [0.5, 0.6) is 0 Å². The molecule has 0 aromatic carbocycles. The van der Waals surface area contributed by atoms with Gasteiger partial charge in [0.15, 0.2) is 0 Å². The Hall–Kier alpha value is 3.97. The third-order valence-electron chi connectivity index (χ3n) is 0. The summed E-state index contributed by atoms with van der Waals surface area (Å²) in [5.74, 6) is 0. The summed E-state index contributed by atoms with van der Waals surface area (Å²) in [6.07, 6.45) is 0. The molecule has 0 aromatic heterocycles. The van der Waals surface area contributed by atoms with Crippen molar-refractivity contribution < 1.29 is 63.5 Å². The zero-order valence-electron chi connectivity index (χ0n) is 5.32. The Morgan fingerprint density at radius 1 is 0.750 bits per heavy atom. The molecule has 12 heteroatoms. The summed E-state index contributed by atoms with van der Waals surface area (Å²) in [4.78, 5) is 0. The van der Waals surface area contributed by atoms with Crippen molar-refractivity contribution in [3.05, 3.63) is 0 Å². The van der Waals surface area contributed by atoms with Gasteiger partial charge in [-0.05, 0) is 0 Å². The molecule has 12 heavy (non-hydrogen) atoms. The van der Waals surface area contributed by atoms with Crippen molar-refractivity contribution >= 4 is 64.3 Å². The van der Waals surface area contributed by atoms with E-state index in [2.05, 4.69) is 64.3 Å². The zero-order valence-corrected chi connectivity index (χ0v) is 16.9. The summed E-state index contributed by atoms with van der Waals surface area (Å²) >= 11 is 0. The van der Waals surface area contributed by atoms with E-state index < -0.39 is 2.03 Å². The molecule has 0 aliphatic carbocycles. The van der Waals surface area contributed by atoms with Crippen molar-refractivity contribution in [3.63, 3.8) is 0 Å². The predicted molar refractivity (Wildman–Crippen MR) is 42.3 cm³/mol. The second-order valence-corrected chi connectivity index (χ2v) is 136. The van der Waals surface area contributed by atoms with Gasteiger partial charge in [-0.15, -0.1) is 0 Å². The van der Waals surface area contributed by atoms with Crippen LogP contribution in [-0.4, -0.2) is 0 Å². The third kappa shape index (κ3) is 149. The van der Waals surface area contributed by atoms with Crippen LogP contribution in [0.1, 0.15) is 0 Å². The molecular formula is Cl7KO3Ta. The van der Waals surface area contributed by atoms with Crippen molar-refractivity contribution in [2.45, 2.75) is 0 Å². The summed E-state index contributed by atoms with van der Waals surface area (Å²) in [6, 6.07) is 0. The number of rotatable bonds is 0. The van der Waals surface area contributed by atoms with Gasteiger partial charge >= 0.3 is 128 Å². The number of hydrogen-bond donors (Lipinski definition) is 0. The minimum atomic E-state index is -11.9. The van der Waals surface area contributed by atoms with Gasteiger partial charge in [0.05, 0.1) is 0 Å². The molecule has 73 valence electrons. The van der Waals surface area contributed by atoms with Gasteiger partial charge in [0.2, 0.25) is 0 Å². The van der Waals surface area contributed by atoms with Gasteiger partial charge in [-0.25, -0.2) is 0 Å². The van der Waals surface area contributed by atoms with E-state index in [0.29, 0.717) is 0 Å². The normalized spacial score (nSPS) is 35.7. The summed E-state index contributed by atoms with van der Waals surface area (Å²) in [6.45, 7) is 0. The second-order valence-electron chi connectivity index (χ2n) is 3.01. The molecule has 0 amide bonds. The Morgan fingerprint density at radius 3 is 0.750 bits per heavy atom. The number of hydrogen-bond acceptors (Lipinski definition) is 3. The summed E-state index contributed by atoms with van der Waals surface area (Å²) in [5, 5.41) is 0. The quantitative estimate of drug-likeness (QED) is 0.439. The summed E-state index contributed by atoms with van der Waals surface area (Å²) in [5.41, 5.74) is 0. The van der Waals surface area contributed by atoms with E-state index in [1.54, 1.807) is 0 Å². The molecule has 0 aliphatic heterocycles. The average Bonchev–Trinajstić information content (AvgIpc) is 0.439. The van der Waals surface area contributed by atoms with Crippen molar-refractivity contribution in [1.82, 2.24) is 0 Å². The first kappa shape index (κ1) is 18.3. The van der Waals surface area contributed by atoms with Crippen LogP contribution < -0.4 is 55.0 Å². The molecule has 0 rings (SSSR count). The first-order chi connectivity index (χ1) is 3.16. The van der Waals surface area contributed by atoms with Crippen molar-refractivity contribution in [3.8, 4) is 0 Å². The average molecular weight is 516 g/mol. The van der Waals surface area contributed by atoms with Crippen molar-refractivity contribution in [2.24, 2.45) is 0 Å². The van der Waals surface area contributed by atoms with Crippen LogP contribution in [-0.2, 0) is 8.53 Å². The molecule has 0 saturated carbocycles. The maximum atomic E-state index is 11.0. The topological polar surface area (TPSA) is 57.2 Å². The standard InChI is InChI=1S/7ClH.K.3O.Ta/h7*1H;;;;;/q;;;;;;;+1;;;-1;+7/p-7. The molecule has 0 aliphatic rings. The Labute approximate surface area is 124 Å². The van der Waals surface area contributed by atoms with Gasteiger partial charge in [-0.2, -0.15) is 0 Å². The molecule has 0 radical (unpaired) electrons. The molecule has 0 aromatic rings. The van der Waals surface area contributed by atoms with E-state index >= 15 is 0 Å². The van der Waals surface area contributed by atoms with Crippen LogP contribution in [0.15, 0.2) is 0 Å².